The van der Waals surface area contributed by atoms with Crippen LogP contribution in [0.3, 0.4) is 0 Å². The van der Waals surface area contributed by atoms with Crippen molar-refractivity contribution in [3.63, 3.8) is 0 Å². The van der Waals surface area contributed by atoms with Crippen LogP contribution in [0.2, 0.25) is 0 Å². The van der Waals surface area contributed by atoms with E-state index in [1.54, 1.807) is 20.8 Å². The molecule has 0 bridgehead atoms. The summed E-state index contributed by atoms with van der Waals surface area (Å²) >= 11 is 1.50. The number of hydrogen-bond donors (Lipinski definition) is 3. The molecule has 0 aliphatic heterocycles. The van der Waals surface area contributed by atoms with Gasteiger partial charge in [-0.25, -0.2) is 9.59 Å². The Labute approximate surface area is 204 Å². The Hall–Kier alpha value is -3.00. The Kier molecular flexibility index (Phi) is 8.25. The zero-order valence-electron chi connectivity index (χ0n) is 20.0. The number of carboxylic acid groups (broad SMARTS) is 1. The first-order valence-electron chi connectivity index (χ1n) is 11.3. The van der Waals surface area contributed by atoms with Crippen molar-refractivity contribution >= 4 is 29.7 Å². The van der Waals surface area contributed by atoms with Crippen molar-refractivity contribution in [2.45, 2.75) is 45.2 Å². The number of carboxylic acids is 1. The second kappa shape index (κ2) is 11.0. The largest absolute Gasteiger partial charge is 0.480 e. The van der Waals surface area contributed by atoms with Gasteiger partial charge in [-0.05, 0) is 46.1 Å². The fourth-order valence-corrected chi connectivity index (χ4v) is 4.65. The molecule has 2 aromatic carbocycles. The Morgan fingerprint density at radius 3 is 2.06 bits per heavy atom. The summed E-state index contributed by atoms with van der Waals surface area (Å²) in [6.45, 7) is 5.54. The summed E-state index contributed by atoms with van der Waals surface area (Å²) in [7, 11) is 0. The SMILES string of the molecule is CSCC[C@@H](NC(=O)C(NC(=O)OCC1c2ccccc2-c2ccccc21)C(C)(C)C)C(=O)O. The van der Waals surface area contributed by atoms with Gasteiger partial charge < -0.3 is 20.5 Å². The average Bonchev–Trinajstić information content (AvgIpc) is 3.11. The summed E-state index contributed by atoms with van der Waals surface area (Å²) in [5.74, 6) is -1.15. The van der Waals surface area contributed by atoms with E-state index in [4.69, 9.17) is 4.74 Å². The van der Waals surface area contributed by atoms with Gasteiger partial charge in [0.15, 0.2) is 0 Å². The van der Waals surface area contributed by atoms with E-state index in [9.17, 15) is 19.5 Å². The standard InChI is InChI=1S/C26H32N2O5S/c1-26(2,3)22(23(29)27-21(24(30)31)13-14-34-4)28-25(32)33-15-20-18-11-7-5-9-16(18)17-10-6-8-12-19(17)20/h5-12,20-22H,13-15H2,1-4H3,(H,27,29)(H,28,32)(H,30,31)/t21-,22?/m1/s1. The molecule has 34 heavy (non-hydrogen) atoms. The normalized spacial score (nSPS) is 14.5. The highest BCUT2D eigenvalue weighted by Crippen LogP contribution is 2.44. The summed E-state index contributed by atoms with van der Waals surface area (Å²) in [6, 6.07) is 14.1. The summed E-state index contributed by atoms with van der Waals surface area (Å²) in [5, 5.41) is 14.7. The van der Waals surface area contributed by atoms with Crippen molar-refractivity contribution in [2.75, 3.05) is 18.6 Å². The van der Waals surface area contributed by atoms with Gasteiger partial charge in [0, 0.05) is 5.92 Å². The van der Waals surface area contributed by atoms with Gasteiger partial charge in [-0.15, -0.1) is 0 Å². The molecule has 2 amide bonds. The predicted molar refractivity (Wildman–Crippen MR) is 134 cm³/mol. The molecule has 0 aromatic heterocycles. The minimum atomic E-state index is -1.10. The van der Waals surface area contributed by atoms with Crippen molar-refractivity contribution in [1.82, 2.24) is 10.6 Å². The molecule has 0 heterocycles. The van der Waals surface area contributed by atoms with Gasteiger partial charge in [-0.3, -0.25) is 4.79 Å². The zero-order chi connectivity index (χ0) is 24.9. The second-order valence-electron chi connectivity index (χ2n) is 9.45. The molecule has 2 aromatic rings. The number of thioether (sulfide) groups is 1. The van der Waals surface area contributed by atoms with Crippen LogP contribution in [0, 0.1) is 5.41 Å². The van der Waals surface area contributed by atoms with Crippen LogP contribution >= 0.6 is 11.8 Å². The molecule has 7 nitrogen and oxygen atoms in total. The van der Waals surface area contributed by atoms with Gasteiger partial charge in [-0.1, -0.05) is 69.3 Å². The lowest BCUT2D eigenvalue weighted by atomic mass is 9.86. The topological polar surface area (TPSA) is 105 Å². The van der Waals surface area contributed by atoms with Crippen molar-refractivity contribution in [2.24, 2.45) is 5.41 Å². The van der Waals surface area contributed by atoms with Gasteiger partial charge >= 0.3 is 12.1 Å². The highest BCUT2D eigenvalue weighted by atomic mass is 32.2. The fraction of sp³-hybridized carbons (Fsp3) is 0.423. The van der Waals surface area contributed by atoms with E-state index < -0.39 is 35.5 Å². The summed E-state index contributed by atoms with van der Waals surface area (Å²) in [6.07, 6.45) is 1.45. The summed E-state index contributed by atoms with van der Waals surface area (Å²) in [5.41, 5.74) is 3.80. The molecule has 0 fully saturated rings. The van der Waals surface area contributed by atoms with Crippen LogP contribution in [-0.4, -0.2) is 53.8 Å². The van der Waals surface area contributed by atoms with Crippen LogP contribution in [-0.2, 0) is 14.3 Å². The van der Waals surface area contributed by atoms with E-state index in [0.29, 0.717) is 12.2 Å². The molecule has 0 saturated carbocycles. The molecular weight excluding hydrogens is 452 g/mol. The predicted octanol–water partition coefficient (Wildman–Crippen LogP) is 4.26. The highest BCUT2D eigenvalue weighted by molar-refractivity contribution is 7.98. The van der Waals surface area contributed by atoms with E-state index in [1.807, 2.05) is 42.7 Å². The number of fused-ring (bicyclic) bond motifs is 3. The van der Waals surface area contributed by atoms with E-state index in [-0.39, 0.29) is 12.5 Å². The van der Waals surface area contributed by atoms with Gasteiger partial charge in [-0.2, -0.15) is 11.8 Å². The third-order valence-electron chi connectivity index (χ3n) is 5.96. The first-order valence-corrected chi connectivity index (χ1v) is 12.7. The lowest BCUT2D eigenvalue weighted by molar-refractivity contribution is -0.142. The minimum Gasteiger partial charge on any atom is -0.480 e. The van der Waals surface area contributed by atoms with E-state index >= 15 is 0 Å². The zero-order valence-corrected chi connectivity index (χ0v) is 20.8. The molecule has 3 N–H and O–H groups in total. The van der Waals surface area contributed by atoms with E-state index in [0.717, 1.165) is 22.3 Å². The molecule has 182 valence electrons. The van der Waals surface area contributed by atoms with Crippen LogP contribution in [0.5, 0.6) is 0 Å². The first kappa shape index (κ1) is 25.6. The number of ether oxygens (including phenoxy) is 1. The van der Waals surface area contributed by atoms with Crippen LogP contribution in [0.1, 0.15) is 44.2 Å². The Balaban J connectivity index is 1.68. The molecule has 0 radical (unpaired) electrons. The van der Waals surface area contributed by atoms with Crippen molar-refractivity contribution < 1.29 is 24.2 Å². The first-order chi connectivity index (χ1) is 16.1. The molecular formula is C26H32N2O5S. The highest BCUT2D eigenvalue weighted by Gasteiger charge is 2.36. The third-order valence-corrected chi connectivity index (χ3v) is 6.60. The number of hydrogen-bond acceptors (Lipinski definition) is 5. The number of nitrogens with one attached hydrogen (secondary N) is 2. The molecule has 3 rings (SSSR count). The Morgan fingerprint density at radius 2 is 1.56 bits per heavy atom. The molecule has 0 saturated heterocycles. The van der Waals surface area contributed by atoms with Crippen LogP contribution in [0.4, 0.5) is 4.79 Å². The third kappa shape index (κ3) is 5.91. The Morgan fingerprint density at radius 1 is 1.00 bits per heavy atom. The second-order valence-corrected chi connectivity index (χ2v) is 10.4. The Bertz CT molecular complexity index is 1000. The quantitative estimate of drug-likeness (QED) is 0.491. The molecule has 2 atom stereocenters. The number of alkyl carbamates (subject to hydrolysis) is 1. The lowest BCUT2D eigenvalue weighted by Crippen LogP contribution is -2.56. The van der Waals surface area contributed by atoms with Crippen molar-refractivity contribution in [1.29, 1.82) is 0 Å². The molecule has 0 spiro atoms. The maximum Gasteiger partial charge on any atom is 0.407 e. The fourth-order valence-electron chi connectivity index (χ4n) is 4.18. The van der Waals surface area contributed by atoms with Crippen LogP contribution < -0.4 is 10.6 Å². The number of aliphatic carboxylic acids is 1. The van der Waals surface area contributed by atoms with Gasteiger partial charge in [0.1, 0.15) is 18.7 Å². The van der Waals surface area contributed by atoms with Gasteiger partial charge in [0.25, 0.3) is 0 Å². The number of carbonyl (C=O) groups excluding carboxylic acids is 2. The molecule has 1 unspecified atom stereocenters. The summed E-state index contributed by atoms with van der Waals surface area (Å²) < 4.78 is 5.58. The monoisotopic (exact) mass is 484 g/mol. The molecule has 8 heteroatoms. The number of rotatable bonds is 9. The number of carbonyl (C=O) groups is 3. The molecule has 1 aliphatic rings. The average molecular weight is 485 g/mol. The van der Waals surface area contributed by atoms with Crippen molar-refractivity contribution in [3.8, 4) is 11.1 Å². The van der Waals surface area contributed by atoms with Gasteiger partial charge in [0.05, 0.1) is 0 Å². The smallest absolute Gasteiger partial charge is 0.407 e. The van der Waals surface area contributed by atoms with E-state index in [2.05, 4.69) is 22.8 Å². The van der Waals surface area contributed by atoms with Gasteiger partial charge in [0.2, 0.25) is 5.91 Å². The van der Waals surface area contributed by atoms with E-state index in [1.165, 1.54) is 11.8 Å². The maximum atomic E-state index is 12.9. The lowest BCUT2D eigenvalue weighted by Gasteiger charge is -2.31. The van der Waals surface area contributed by atoms with Crippen LogP contribution in [0.25, 0.3) is 11.1 Å². The maximum absolute atomic E-state index is 12.9. The summed E-state index contributed by atoms with van der Waals surface area (Å²) in [4.78, 5) is 37.2. The number of amides is 2. The minimum absolute atomic E-state index is 0.0944. The number of benzene rings is 2. The van der Waals surface area contributed by atoms with Crippen LogP contribution in [0.15, 0.2) is 48.5 Å². The molecule has 1 aliphatic carbocycles. The van der Waals surface area contributed by atoms with Crippen molar-refractivity contribution in [3.05, 3.63) is 59.7 Å².